The number of para-hydroxylation sites is 1. The molecule has 0 aliphatic carbocycles. The zero-order chi connectivity index (χ0) is 13.0. The van der Waals surface area contributed by atoms with E-state index in [0.29, 0.717) is 24.5 Å². The molecule has 0 unspecified atom stereocenters. The van der Waals surface area contributed by atoms with Crippen LogP contribution in [-0.2, 0) is 6.42 Å². The molecule has 1 aromatic heterocycles. The van der Waals surface area contributed by atoms with E-state index in [4.69, 9.17) is 10.3 Å². The summed E-state index contributed by atoms with van der Waals surface area (Å²) in [7, 11) is 0. The molecule has 6 heteroatoms. The maximum atomic E-state index is 11.5. The summed E-state index contributed by atoms with van der Waals surface area (Å²) in [5, 5.41) is 6.22. The maximum absolute atomic E-state index is 11.5. The van der Waals surface area contributed by atoms with Crippen LogP contribution in [0.25, 0.3) is 0 Å². The van der Waals surface area contributed by atoms with Crippen molar-refractivity contribution in [3.8, 4) is 0 Å². The van der Waals surface area contributed by atoms with Crippen molar-refractivity contribution in [3.05, 3.63) is 41.5 Å². The van der Waals surface area contributed by atoms with E-state index in [2.05, 4.69) is 15.5 Å². The van der Waals surface area contributed by atoms with Crippen molar-refractivity contribution in [1.29, 1.82) is 0 Å². The second-order valence-corrected chi connectivity index (χ2v) is 3.75. The van der Waals surface area contributed by atoms with Crippen LogP contribution < -0.4 is 11.1 Å². The van der Waals surface area contributed by atoms with Gasteiger partial charge >= 0.3 is 0 Å². The van der Waals surface area contributed by atoms with Crippen LogP contribution in [0.4, 0.5) is 5.69 Å². The van der Waals surface area contributed by atoms with Gasteiger partial charge in [0.25, 0.3) is 11.7 Å². The molecular weight excluding hydrogens is 232 g/mol. The molecule has 18 heavy (non-hydrogen) atoms. The molecule has 0 saturated heterocycles. The van der Waals surface area contributed by atoms with Crippen molar-refractivity contribution in [2.45, 2.75) is 13.3 Å². The molecular formula is C12H14N4O2. The number of benzene rings is 1. The number of carbonyl (C=O) groups is 1. The monoisotopic (exact) mass is 246 g/mol. The zero-order valence-electron chi connectivity index (χ0n) is 10.0. The Balaban J connectivity index is 2.12. The molecule has 1 amide bonds. The summed E-state index contributed by atoms with van der Waals surface area (Å²) in [5.41, 5.74) is 7.37. The first kappa shape index (κ1) is 12.1. The van der Waals surface area contributed by atoms with Gasteiger partial charge in [-0.15, -0.1) is 0 Å². The number of anilines is 1. The molecule has 0 spiro atoms. The molecule has 0 atom stereocenters. The fourth-order valence-electron chi connectivity index (χ4n) is 1.52. The minimum Gasteiger partial charge on any atom is -0.398 e. The van der Waals surface area contributed by atoms with Gasteiger partial charge in [-0.05, 0) is 18.6 Å². The zero-order valence-corrected chi connectivity index (χ0v) is 10.0. The molecule has 0 aliphatic heterocycles. The highest BCUT2D eigenvalue weighted by molar-refractivity contribution is 5.90. The lowest BCUT2D eigenvalue weighted by Gasteiger charge is -2.00. The van der Waals surface area contributed by atoms with Crippen molar-refractivity contribution in [3.63, 3.8) is 0 Å². The van der Waals surface area contributed by atoms with E-state index in [9.17, 15) is 4.79 Å². The minimum atomic E-state index is -0.339. The Kier molecular flexibility index (Phi) is 3.57. The predicted octanol–water partition coefficient (Wildman–Crippen LogP) is 0.992. The molecule has 0 saturated carbocycles. The first-order chi connectivity index (χ1) is 8.70. The first-order valence-electron chi connectivity index (χ1n) is 5.65. The smallest absolute Gasteiger partial charge is 0.292 e. The molecule has 0 bridgehead atoms. The molecule has 0 radical (unpaired) electrons. The molecule has 6 nitrogen and oxygen atoms in total. The fourth-order valence-corrected chi connectivity index (χ4v) is 1.52. The third-order valence-corrected chi connectivity index (χ3v) is 2.41. The third kappa shape index (κ3) is 2.65. The molecule has 0 aliphatic rings. The number of hydrogen-bond acceptors (Lipinski definition) is 5. The number of nitrogen functional groups attached to an aromatic ring is 1. The Bertz CT molecular complexity index is 551. The van der Waals surface area contributed by atoms with Crippen LogP contribution >= 0.6 is 0 Å². The van der Waals surface area contributed by atoms with Crippen LogP contribution in [0.15, 0.2) is 28.8 Å². The molecule has 94 valence electrons. The summed E-state index contributed by atoms with van der Waals surface area (Å²) >= 11 is 0. The Hall–Kier alpha value is -2.37. The van der Waals surface area contributed by atoms with Crippen LogP contribution in [0.2, 0.25) is 0 Å². The minimum absolute atomic E-state index is 0.0429. The highest BCUT2D eigenvalue weighted by Crippen LogP contribution is 2.14. The number of aromatic nitrogens is 2. The van der Waals surface area contributed by atoms with E-state index in [0.717, 1.165) is 5.56 Å². The molecule has 3 N–H and O–H groups in total. The lowest BCUT2D eigenvalue weighted by atomic mass is 10.1. The fraction of sp³-hybridized carbons (Fsp3) is 0.250. The van der Waals surface area contributed by atoms with Crippen LogP contribution in [0.1, 0.15) is 29.0 Å². The summed E-state index contributed by atoms with van der Waals surface area (Å²) in [6.45, 7) is 2.35. The van der Waals surface area contributed by atoms with Gasteiger partial charge in [0.1, 0.15) is 0 Å². The number of nitrogens with zero attached hydrogens (tertiary/aromatic N) is 2. The van der Waals surface area contributed by atoms with Gasteiger partial charge in [-0.2, -0.15) is 4.98 Å². The Morgan fingerprint density at radius 1 is 1.44 bits per heavy atom. The molecule has 2 aromatic rings. The van der Waals surface area contributed by atoms with Crippen LogP contribution in [-0.4, -0.2) is 22.6 Å². The standard InChI is InChI=1S/C12H14N4O2/c1-2-14-12(17)11-15-10(18-16-11)7-8-5-3-4-6-9(8)13/h3-6H,2,7,13H2,1H3,(H,14,17). The molecule has 0 fully saturated rings. The second kappa shape index (κ2) is 5.31. The predicted molar refractivity (Wildman–Crippen MR) is 66.0 cm³/mol. The average molecular weight is 246 g/mol. The van der Waals surface area contributed by atoms with Gasteiger partial charge in [-0.3, -0.25) is 4.79 Å². The summed E-state index contributed by atoms with van der Waals surface area (Å²) in [6, 6.07) is 7.42. The van der Waals surface area contributed by atoms with Crippen LogP contribution in [0.3, 0.4) is 0 Å². The summed E-state index contributed by atoms with van der Waals surface area (Å²) in [5.74, 6) is 0.0732. The SMILES string of the molecule is CCNC(=O)c1noc(Cc2ccccc2N)n1. The summed E-state index contributed by atoms with van der Waals surface area (Å²) in [6.07, 6.45) is 0.416. The van der Waals surface area contributed by atoms with Crippen molar-refractivity contribution < 1.29 is 9.32 Å². The quantitative estimate of drug-likeness (QED) is 0.784. The van der Waals surface area contributed by atoms with Crippen molar-refractivity contribution in [2.75, 3.05) is 12.3 Å². The topological polar surface area (TPSA) is 94.0 Å². The largest absolute Gasteiger partial charge is 0.398 e. The number of amides is 1. The lowest BCUT2D eigenvalue weighted by molar-refractivity contribution is 0.0942. The normalized spacial score (nSPS) is 10.3. The van der Waals surface area contributed by atoms with E-state index in [1.165, 1.54) is 0 Å². The van der Waals surface area contributed by atoms with Gasteiger partial charge in [0, 0.05) is 12.2 Å². The Morgan fingerprint density at radius 2 is 2.22 bits per heavy atom. The molecule has 2 rings (SSSR count). The van der Waals surface area contributed by atoms with Gasteiger partial charge in [-0.1, -0.05) is 23.4 Å². The first-order valence-corrected chi connectivity index (χ1v) is 5.65. The van der Waals surface area contributed by atoms with Gasteiger partial charge in [-0.25, -0.2) is 0 Å². The number of hydrogen-bond donors (Lipinski definition) is 2. The Labute approximate surface area is 104 Å². The van der Waals surface area contributed by atoms with E-state index >= 15 is 0 Å². The third-order valence-electron chi connectivity index (χ3n) is 2.41. The van der Waals surface area contributed by atoms with Gasteiger partial charge in [0.2, 0.25) is 5.89 Å². The number of rotatable bonds is 4. The molecule has 1 aromatic carbocycles. The van der Waals surface area contributed by atoms with Gasteiger partial charge in [0.15, 0.2) is 0 Å². The van der Waals surface area contributed by atoms with Crippen molar-refractivity contribution in [1.82, 2.24) is 15.5 Å². The van der Waals surface area contributed by atoms with Crippen LogP contribution in [0, 0.1) is 0 Å². The van der Waals surface area contributed by atoms with Crippen molar-refractivity contribution in [2.24, 2.45) is 0 Å². The number of nitrogens with two attached hydrogens (primary N) is 1. The Morgan fingerprint density at radius 3 is 2.94 bits per heavy atom. The highest BCUT2D eigenvalue weighted by Gasteiger charge is 2.14. The van der Waals surface area contributed by atoms with Gasteiger partial charge in [0.05, 0.1) is 6.42 Å². The summed E-state index contributed by atoms with van der Waals surface area (Å²) < 4.78 is 5.01. The lowest BCUT2D eigenvalue weighted by Crippen LogP contribution is -2.23. The maximum Gasteiger partial charge on any atom is 0.292 e. The van der Waals surface area contributed by atoms with E-state index < -0.39 is 0 Å². The average Bonchev–Trinajstić information content (AvgIpc) is 2.81. The van der Waals surface area contributed by atoms with E-state index in [1.807, 2.05) is 25.1 Å². The molecule has 1 heterocycles. The highest BCUT2D eigenvalue weighted by atomic mass is 16.5. The van der Waals surface area contributed by atoms with Gasteiger partial charge < -0.3 is 15.6 Å². The second-order valence-electron chi connectivity index (χ2n) is 3.75. The number of nitrogens with one attached hydrogen (secondary N) is 1. The van der Waals surface area contributed by atoms with Crippen molar-refractivity contribution >= 4 is 11.6 Å². The number of carbonyl (C=O) groups excluding carboxylic acids is 1. The van der Waals surface area contributed by atoms with Crippen LogP contribution in [0.5, 0.6) is 0 Å². The summed E-state index contributed by atoms with van der Waals surface area (Å²) in [4.78, 5) is 15.5. The van der Waals surface area contributed by atoms with E-state index in [-0.39, 0.29) is 11.7 Å². The van der Waals surface area contributed by atoms with E-state index in [1.54, 1.807) is 6.07 Å².